The summed E-state index contributed by atoms with van der Waals surface area (Å²) in [5.74, 6) is 1.51. The highest BCUT2D eigenvalue weighted by molar-refractivity contribution is 5.92. The van der Waals surface area contributed by atoms with Crippen LogP contribution in [0, 0.1) is 6.92 Å². The van der Waals surface area contributed by atoms with E-state index < -0.39 is 5.97 Å². The first kappa shape index (κ1) is 25.0. The number of methoxy groups -OCH3 is 3. The number of esters is 1. The van der Waals surface area contributed by atoms with Gasteiger partial charge in [0.1, 0.15) is 17.1 Å². The number of rotatable bonds is 11. The minimum atomic E-state index is -0.441. The number of nitrogens with zero attached hydrogens (tertiary/aromatic N) is 1. The van der Waals surface area contributed by atoms with Gasteiger partial charge in [-0.15, -0.1) is 0 Å². The Labute approximate surface area is 189 Å². The number of aliphatic imine (C=N–C) groups is 1. The van der Waals surface area contributed by atoms with Gasteiger partial charge in [0.25, 0.3) is 0 Å². The van der Waals surface area contributed by atoms with Crippen molar-refractivity contribution in [2.24, 2.45) is 4.99 Å². The summed E-state index contributed by atoms with van der Waals surface area (Å²) >= 11 is 0. The first-order valence-electron chi connectivity index (χ1n) is 10.4. The smallest absolute Gasteiger partial charge is 0.341 e. The monoisotopic (exact) mass is 443 g/mol. The highest BCUT2D eigenvalue weighted by Crippen LogP contribution is 2.22. The molecule has 0 atom stereocenters. The molecule has 32 heavy (non-hydrogen) atoms. The molecule has 2 aromatic rings. The fraction of sp³-hybridized carbons (Fsp3) is 0.417. The summed E-state index contributed by atoms with van der Waals surface area (Å²) in [6.45, 7) is 4.32. The molecule has 174 valence electrons. The van der Waals surface area contributed by atoms with Crippen LogP contribution in [0.5, 0.6) is 11.5 Å². The lowest BCUT2D eigenvalue weighted by Crippen LogP contribution is -2.36. The first-order valence-corrected chi connectivity index (χ1v) is 10.4. The molecule has 8 nitrogen and oxygen atoms in total. The second-order valence-corrected chi connectivity index (χ2v) is 7.11. The second-order valence-electron chi connectivity index (χ2n) is 7.11. The number of hydrogen-bond acceptors (Lipinski definition) is 6. The fourth-order valence-electron chi connectivity index (χ4n) is 3.05. The third kappa shape index (κ3) is 7.46. The summed E-state index contributed by atoms with van der Waals surface area (Å²) < 4.78 is 21.1. The Bertz CT molecular complexity index is 915. The molecule has 0 fully saturated rings. The van der Waals surface area contributed by atoms with Crippen molar-refractivity contribution in [2.75, 3.05) is 41.6 Å². The average Bonchev–Trinajstić information content (AvgIpc) is 2.82. The maximum absolute atomic E-state index is 12.0. The summed E-state index contributed by atoms with van der Waals surface area (Å²) in [5.41, 5.74) is 3.45. The van der Waals surface area contributed by atoms with Crippen LogP contribution in [0.4, 0.5) is 0 Å². The predicted molar refractivity (Wildman–Crippen MR) is 125 cm³/mol. The third-order valence-corrected chi connectivity index (χ3v) is 4.77. The number of guanidine groups is 1. The molecule has 8 heteroatoms. The van der Waals surface area contributed by atoms with E-state index in [1.54, 1.807) is 26.3 Å². The van der Waals surface area contributed by atoms with Gasteiger partial charge in [-0.25, -0.2) is 4.79 Å². The molecule has 0 unspecified atom stereocenters. The molecule has 0 aliphatic heterocycles. The third-order valence-electron chi connectivity index (χ3n) is 4.77. The van der Waals surface area contributed by atoms with Gasteiger partial charge < -0.3 is 29.6 Å². The van der Waals surface area contributed by atoms with Crippen LogP contribution >= 0.6 is 0 Å². The maximum Gasteiger partial charge on any atom is 0.341 e. The second kappa shape index (κ2) is 13.2. The van der Waals surface area contributed by atoms with Crippen LogP contribution in [-0.4, -0.2) is 53.5 Å². The van der Waals surface area contributed by atoms with Gasteiger partial charge in [0.2, 0.25) is 0 Å². The molecule has 0 saturated carbocycles. The Morgan fingerprint density at radius 1 is 0.969 bits per heavy atom. The number of carbonyl (C=O) groups excluding carboxylic acids is 1. The summed E-state index contributed by atoms with van der Waals surface area (Å²) in [6, 6.07) is 11.5. The van der Waals surface area contributed by atoms with Crippen molar-refractivity contribution < 1.29 is 23.7 Å². The van der Waals surface area contributed by atoms with Crippen LogP contribution in [0.3, 0.4) is 0 Å². The van der Waals surface area contributed by atoms with Gasteiger partial charge in [0, 0.05) is 45.8 Å². The predicted octanol–water partition coefficient (Wildman–Crippen LogP) is 3.07. The van der Waals surface area contributed by atoms with E-state index in [9.17, 15) is 4.79 Å². The number of benzene rings is 2. The van der Waals surface area contributed by atoms with Crippen LogP contribution in [0.15, 0.2) is 41.4 Å². The number of carbonyl (C=O) groups is 1. The van der Waals surface area contributed by atoms with Crippen molar-refractivity contribution >= 4 is 11.9 Å². The Morgan fingerprint density at radius 2 is 1.75 bits per heavy atom. The van der Waals surface area contributed by atoms with E-state index in [0.717, 1.165) is 28.9 Å². The van der Waals surface area contributed by atoms with Crippen molar-refractivity contribution in [1.29, 1.82) is 0 Å². The van der Waals surface area contributed by atoms with E-state index >= 15 is 0 Å². The minimum Gasteiger partial charge on any atom is -0.496 e. The highest BCUT2D eigenvalue weighted by Gasteiger charge is 2.13. The van der Waals surface area contributed by atoms with Gasteiger partial charge >= 0.3 is 5.97 Å². The van der Waals surface area contributed by atoms with Gasteiger partial charge in [-0.1, -0.05) is 18.2 Å². The molecule has 0 aliphatic carbocycles. The molecular weight excluding hydrogens is 410 g/mol. The van der Waals surface area contributed by atoms with Crippen LogP contribution < -0.4 is 20.1 Å². The van der Waals surface area contributed by atoms with Crippen LogP contribution in [-0.2, 0) is 22.6 Å². The zero-order valence-corrected chi connectivity index (χ0v) is 19.5. The molecule has 0 aromatic heterocycles. The lowest BCUT2D eigenvalue weighted by atomic mass is 10.1. The van der Waals surface area contributed by atoms with Gasteiger partial charge in [-0.3, -0.25) is 4.99 Å². The maximum atomic E-state index is 12.0. The molecule has 0 spiro atoms. The van der Waals surface area contributed by atoms with E-state index in [1.807, 2.05) is 25.1 Å². The van der Waals surface area contributed by atoms with E-state index in [1.165, 1.54) is 14.2 Å². The van der Waals surface area contributed by atoms with Gasteiger partial charge in [0.15, 0.2) is 5.96 Å². The molecular formula is C24H33N3O5. The molecule has 0 saturated heterocycles. The molecule has 0 aliphatic rings. The van der Waals surface area contributed by atoms with Crippen molar-refractivity contribution in [2.45, 2.75) is 26.4 Å². The molecule has 2 rings (SSSR count). The van der Waals surface area contributed by atoms with E-state index in [-0.39, 0.29) is 0 Å². The van der Waals surface area contributed by atoms with E-state index in [2.05, 4.69) is 21.7 Å². The topological polar surface area (TPSA) is 90.4 Å². The average molecular weight is 444 g/mol. The van der Waals surface area contributed by atoms with Gasteiger partial charge in [0.05, 0.1) is 20.8 Å². The zero-order chi connectivity index (χ0) is 23.3. The number of ether oxygens (including phenoxy) is 4. The summed E-state index contributed by atoms with van der Waals surface area (Å²) in [5, 5.41) is 6.56. The van der Waals surface area contributed by atoms with E-state index in [4.69, 9.17) is 18.9 Å². The number of nitrogens with one attached hydrogen (secondary N) is 2. The Hall–Kier alpha value is -3.26. The quantitative estimate of drug-likeness (QED) is 0.239. The molecule has 0 bridgehead atoms. The molecule has 2 aromatic carbocycles. The van der Waals surface area contributed by atoms with Crippen molar-refractivity contribution in [3.63, 3.8) is 0 Å². The van der Waals surface area contributed by atoms with Crippen molar-refractivity contribution in [3.05, 3.63) is 58.7 Å². The van der Waals surface area contributed by atoms with E-state index in [0.29, 0.717) is 43.6 Å². The van der Waals surface area contributed by atoms with Gasteiger partial charge in [-0.2, -0.15) is 0 Å². The molecule has 2 N–H and O–H groups in total. The fourth-order valence-corrected chi connectivity index (χ4v) is 3.05. The zero-order valence-electron chi connectivity index (χ0n) is 19.5. The Balaban J connectivity index is 1.99. The highest BCUT2D eigenvalue weighted by atomic mass is 16.5. The Morgan fingerprint density at radius 3 is 2.44 bits per heavy atom. The first-order chi connectivity index (χ1) is 15.5. The SMILES string of the molecule is CN=C(NCc1ccc(OC)c(C(=O)OC)c1)NCc1ccc(C)cc1OCCCOC. The van der Waals surface area contributed by atoms with Crippen LogP contribution in [0.25, 0.3) is 0 Å². The Kier molecular flexibility index (Phi) is 10.3. The number of hydrogen-bond donors (Lipinski definition) is 2. The van der Waals surface area contributed by atoms with Gasteiger partial charge in [-0.05, 0) is 36.2 Å². The molecule has 0 radical (unpaired) electrons. The summed E-state index contributed by atoms with van der Waals surface area (Å²) in [6.07, 6.45) is 0.829. The summed E-state index contributed by atoms with van der Waals surface area (Å²) in [7, 11) is 6.26. The van der Waals surface area contributed by atoms with Crippen LogP contribution in [0.1, 0.15) is 33.5 Å². The number of aryl methyl sites for hydroxylation is 1. The standard InChI is InChI=1S/C24H33N3O5/c1-17-7-9-19(22(13-17)32-12-6-11-29-3)16-27-24(25-2)26-15-18-8-10-21(30-4)20(14-18)23(28)31-5/h7-10,13-14H,6,11-12,15-16H2,1-5H3,(H2,25,26,27). The summed E-state index contributed by atoms with van der Waals surface area (Å²) in [4.78, 5) is 16.3. The normalized spacial score (nSPS) is 11.1. The molecule has 0 amide bonds. The lowest BCUT2D eigenvalue weighted by Gasteiger charge is -2.16. The lowest BCUT2D eigenvalue weighted by molar-refractivity contribution is 0.0597. The van der Waals surface area contributed by atoms with Crippen LogP contribution in [0.2, 0.25) is 0 Å². The molecule has 0 heterocycles. The van der Waals surface area contributed by atoms with Crippen molar-refractivity contribution in [3.8, 4) is 11.5 Å². The largest absolute Gasteiger partial charge is 0.496 e. The minimum absolute atomic E-state index is 0.382. The van der Waals surface area contributed by atoms with Crippen molar-refractivity contribution in [1.82, 2.24) is 10.6 Å².